The molecule has 1 aromatic heterocycles. The first kappa shape index (κ1) is 16.5. The number of nitrogen functional groups attached to an aromatic ring is 1. The number of Topliss-reactive ketones (excluding diaryl/α,β-unsaturated/α-hetero) is 1. The molecule has 0 saturated carbocycles. The first-order chi connectivity index (χ1) is 5.65. The number of alkyl halides is 1. The fourth-order valence-electron chi connectivity index (χ4n) is 0.947. The Morgan fingerprint density at radius 1 is 1.50 bits per heavy atom. The molecule has 0 fully saturated rings. The van der Waals surface area contributed by atoms with Gasteiger partial charge in [0, 0.05) is 5.56 Å². The number of aromatic nitrogens is 1. The first-order valence-corrected chi connectivity index (χ1v) is 4.59. The number of halogens is 3. The van der Waals surface area contributed by atoms with Gasteiger partial charge in [-0.05, 0) is 19.1 Å². The molecule has 0 bridgehead atoms. The number of hydrogen-bond acceptors (Lipinski definition) is 3. The molecule has 2 N–H and O–H groups in total. The van der Waals surface area contributed by atoms with Crippen molar-refractivity contribution < 1.29 is 4.79 Å². The summed E-state index contributed by atoms with van der Waals surface area (Å²) in [7, 11) is 0. The van der Waals surface area contributed by atoms with E-state index in [2.05, 4.69) is 20.9 Å². The fraction of sp³-hybridized carbons (Fsp3) is 0.250. The van der Waals surface area contributed by atoms with E-state index < -0.39 is 0 Å². The summed E-state index contributed by atoms with van der Waals surface area (Å²) >= 11 is 3.10. The van der Waals surface area contributed by atoms with E-state index in [0.717, 1.165) is 0 Å². The monoisotopic (exact) mass is 388 g/mol. The number of pyridine rings is 1. The van der Waals surface area contributed by atoms with Crippen LogP contribution in [0.4, 0.5) is 5.82 Å². The Hall–Kier alpha value is 0.0600. The van der Waals surface area contributed by atoms with Crippen molar-refractivity contribution in [3.63, 3.8) is 0 Å². The molecule has 1 heterocycles. The van der Waals surface area contributed by atoms with Crippen LogP contribution in [0.3, 0.4) is 0 Å². The third kappa shape index (κ3) is 4.06. The van der Waals surface area contributed by atoms with Gasteiger partial charge in [0.1, 0.15) is 5.82 Å². The van der Waals surface area contributed by atoms with Gasteiger partial charge in [-0.1, -0.05) is 15.9 Å². The number of aryl methyl sites for hydroxylation is 1. The number of carbonyl (C=O) groups is 1. The Labute approximate surface area is 112 Å². The van der Waals surface area contributed by atoms with Crippen LogP contribution in [0.5, 0.6) is 0 Å². The highest BCUT2D eigenvalue weighted by Gasteiger charge is 2.07. The lowest BCUT2D eigenvalue weighted by Gasteiger charge is -2.01. The predicted molar refractivity (Wildman–Crippen MR) is 72.2 cm³/mol. The number of hydrogen-bond donors (Lipinski definition) is 1. The first-order valence-electron chi connectivity index (χ1n) is 3.47. The SMILES string of the molecule is Br.Br.Cc1nc(N)ccc1C(=O)CBr. The normalized spacial score (nSPS) is 8.43. The minimum Gasteiger partial charge on any atom is -0.384 e. The van der Waals surface area contributed by atoms with Crippen LogP contribution in [-0.4, -0.2) is 16.1 Å². The Balaban J connectivity index is 0. The largest absolute Gasteiger partial charge is 0.384 e. The van der Waals surface area contributed by atoms with Gasteiger partial charge in [-0.15, -0.1) is 34.0 Å². The fourth-order valence-corrected chi connectivity index (χ4v) is 1.25. The number of nitrogens with zero attached hydrogens (tertiary/aromatic N) is 1. The van der Waals surface area contributed by atoms with Gasteiger partial charge in [-0.3, -0.25) is 4.79 Å². The van der Waals surface area contributed by atoms with Gasteiger partial charge in [0.15, 0.2) is 5.78 Å². The van der Waals surface area contributed by atoms with Crippen molar-refractivity contribution in [2.24, 2.45) is 0 Å². The summed E-state index contributed by atoms with van der Waals surface area (Å²) < 4.78 is 0. The molecular weight excluding hydrogens is 380 g/mol. The predicted octanol–water partition coefficient (Wildman–Crippen LogP) is 2.71. The van der Waals surface area contributed by atoms with E-state index in [1.165, 1.54) is 0 Å². The van der Waals surface area contributed by atoms with Gasteiger partial charge in [-0.2, -0.15) is 0 Å². The van der Waals surface area contributed by atoms with Crippen LogP contribution in [-0.2, 0) is 0 Å². The second-order valence-electron chi connectivity index (χ2n) is 2.43. The number of ketones is 1. The average molecular weight is 391 g/mol. The Kier molecular flexibility index (Phi) is 8.67. The number of anilines is 1. The van der Waals surface area contributed by atoms with E-state index >= 15 is 0 Å². The van der Waals surface area contributed by atoms with Crippen molar-refractivity contribution in [1.82, 2.24) is 4.98 Å². The molecule has 0 radical (unpaired) electrons. The minimum absolute atomic E-state index is 0. The second kappa shape index (κ2) is 7.36. The molecule has 1 aromatic rings. The maximum atomic E-state index is 11.2. The summed E-state index contributed by atoms with van der Waals surface area (Å²) in [5.41, 5.74) is 6.74. The van der Waals surface area contributed by atoms with Crippen LogP contribution in [0.25, 0.3) is 0 Å². The minimum atomic E-state index is 0. The van der Waals surface area contributed by atoms with Crippen molar-refractivity contribution in [3.8, 4) is 0 Å². The Morgan fingerprint density at radius 3 is 2.50 bits per heavy atom. The molecule has 80 valence electrons. The van der Waals surface area contributed by atoms with E-state index in [9.17, 15) is 4.79 Å². The molecule has 3 nitrogen and oxygen atoms in total. The van der Waals surface area contributed by atoms with Gasteiger partial charge >= 0.3 is 0 Å². The quantitative estimate of drug-likeness (QED) is 0.624. The number of carbonyl (C=O) groups excluding carboxylic acids is 1. The van der Waals surface area contributed by atoms with Crippen LogP contribution in [0, 0.1) is 6.92 Å². The van der Waals surface area contributed by atoms with Crippen LogP contribution in [0.2, 0.25) is 0 Å². The van der Waals surface area contributed by atoms with E-state index in [1.807, 2.05) is 0 Å². The maximum Gasteiger partial charge on any atom is 0.175 e. The molecule has 0 aromatic carbocycles. The van der Waals surface area contributed by atoms with E-state index in [-0.39, 0.29) is 39.7 Å². The van der Waals surface area contributed by atoms with Gasteiger partial charge in [-0.25, -0.2) is 4.98 Å². The molecule has 6 heteroatoms. The summed E-state index contributed by atoms with van der Waals surface area (Å²) in [6.45, 7) is 1.77. The van der Waals surface area contributed by atoms with Gasteiger partial charge in [0.2, 0.25) is 0 Å². The molecule has 0 aliphatic rings. The van der Waals surface area contributed by atoms with Gasteiger partial charge in [0.25, 0.3) is 0 Å². The molecular formula is C8H11Br3N2O. The summed E-state index contributed by atoms with van der Waals surface area (Å²) in [5, 5.41) is 0.319. The third-order valence-corrected chi connectivity index (χ3v) is 2.04. The molecule has 0 atom stereocenters. The van der Waals surface area contributed by atoms with Crippen LogP contribution < -0.4 is 5.73 Å². The van der Waals surface area contributed by atoms with Crippen molar-refractivity contribution in [1.29, 1.82) is 0 Å². The molecule has 0 unspecified atom stereocenters. The lowest BCUT2D eigenvalue weighted by atomic mass is 10.1. The van der Waals surface area contributed by atoms with Gasteiger partial charge < -0.3 is 5.73 Å². The van der Waals surface area contributed by atoms with Crippen molar-refractivity contribution in [2.45, 2.75) is 6.92 Å². The summed E-state index contributed by atoms with van der Waals surface area (Å²) in [6, 6.07) is 3.32. The number of rotatable bonds is 2. The highest BCUT2D eigenvalue weighted by atomic mass is 79.9. The van der Waals surface area contributed by atoms with Crippen molar-refractivity contribution in [3.05, 3.63) is 23.4 Å². The molecule has 0 amide bonds. The topological polar surface area (TPSA) is 56.0 Å². The highest BCUT2D eigenvalue weighted by Crippen LogP contribution is 2.09. The maximum absolute atomic E-state index is 11.2. The molecule has 14 heavy (non-hydrogen) atoms. The zero-order valence-electron chi connectivity index (χ0n) is 7.49. The van der Waals surface area contributed by atoms with E-state index in [4.69, 9.17) is 5.73 Å². The smallest absolute Gasteiger partial charge is 0.175 e. The standard InChI is InChI=1S/C8H9BrN2O.2BrH/c1-5-6(7(12)4-9)2-3-8(10)11-5;;/h2-3H,4H2,1H3,(H2,10,11);2*1H. The van der Waals surface area contributed by atoms with Gasteiger partial charge in [0.05, 0.1) is 11.0 Å². The summed E-state index contributed by atoms with van der Waals surface area (Å²) in [5.74, 6) is 0.471. The molecule has 0 aliphatic carbocycles. The highest BCUT2D eigenvalue weighted by molar-refractivity contribution is 9.09. The van der Waals surface area contributed by atoms with Crippen LogP contribution >= 0.6 is 49.9 Å². The molecule has 0 aliphatic heterocycles. The van der Waals surface area contributed by atoms with Crippen molar-refractivity contribution >= 4 is 61.5 Å². The molecule has 0 saturated heterocycles. The summed E-state index contributed by atoms with van der Waals surface area (Å²) in [4.78, 5) is 15.2. The zero-order chi connectivity index (χ0) is 9.14. The lowest BCUT2D eigenvalue weighted by molar-refractivity contribution is 0.102. The second-order valence-corrected chi connectivity index (χ2v) is 2.99. The Morgan fingerprint density at radius 2 is 2.07 bits per heavy atom. The summed E-state index contributed by atoms with van der Waals surface area (Å²) in [6.07, 6.45) is 0. The van der Waals surface area contributed by atoms with Crippen molar-refractivity contribution in [2.75, 3.05) is 11.1 Å². The molecule has 0 spiro atoms. The third-order valence-electron chi connectivity index (χ3n) is 1.53. The average Bonchev–Trinajstić information content (AvgIpc) is 2.03. The zero-order valence-corrected chi connectivity index (χ0v) is 12.5. The van der Waals surface area contributed by atoms with E-state index in [1.54, 1.807) is 19.1 Å². The van der Waals surface area contributed by atoms with Crippen LogP contribution in [0.15, 0.2) is 12.1 Å². The lowest BCUT2D eigenvalue weighted by Crippen LogP contribution is -2.05. The van der Waals surface area contributed by atoms with E-state index in [0.29, 0.717) is 22.4 Å². The Bertz CT molecular complexity index is 317. The number of nitrogens with two attached hydrogens (primary N) is 1. The molecule has 1 rings (SSSR count). The van der Waals surface area contributed by atoms with Crippen LogP contribution in [0.1, 0.15) is 16.1 Å².